The van der Waals surface area contributed by atoms with Gasteiger partial charge in [0, 0.05) is 12.1 Å². The van der Waals surface area contributed by atoms with E-state index in [4.69, 9.17) is 5.73 Å². The first-order valence-corrected chi connectivity index (χ1v) is 6.35. The average molecular weight is 356 g/mol. The van der Waals surface area contributed by atoms with E-state index >= 15 is 0 Å². The van der Waals surface area contributed by atoms with Crippen molar-refractivity contribution in [2.24, 2.45) is 10.7 Å². The second-order valence-electron chi connectivity index (χ2n) is 4.25. The summed E-state index contributed by atoms with van der Waals surface area (Å²) in [6, 6.07) is 0.847. The highest BCUT2D eigenvalue weighted by atomic mass is 127. The highest BCUT2D eigenvalue weighted by molar-refractivity contribution is 14.0. The summed E-state index contributed by atoms with van der Waals surface area (Å²) in [6.45, 7) is 13.6. The molecular weight excluding hydrogens is 327 g/mol. The molecule has 0 heterocycles. The Hall–Kier alpha value is -0.0400. The van der Waals surface area contributed by atoms with Gasteiger partial charge in [-0.15, -0.1) is 24.0 Å². The molecule has 0 aromatic heterocycles. The van der Waals surface area contributed by atoms with Crippen LogP contribution in [0.4, 0.5) is 0 Å². The van der Waals surface area contributed by atoms with Gasteiger partial charge >= 0.3 is 0 Å². The lowest BCUT2D eigenvalue weighted by atomic mass is 10.2. The number of aliphatic imine (C=N–C) groups is 1. The second kappa shape index (κ2) is 11.1. The van der Waals surface area contributed by atoms with Crippen molar-refractivity contribution in [2.75, 3.05) is 19.6 Å². The largest absolute Gasteiger partial charge is 0.370 e. The highest BCUT2D eigenvalue weighted by Crippen LogP contribution is 1.98. The Morgan fingerprint density at radius 3 is 2.18 bits per heavy atom. The van der Waals surface area contributed by atoms with Crippen LogP contribution in [0.5, 0.6) is 0 Å². The quantitative estimate of drug-likeness (QED) is 0.417. The molecule has 5 heteroatoms. The average Bonchev–Trinajstić information content (AvgIpc) is 2.27. The molecule has 0 aliphatic carbocycles. The number of nitrogens with zero attached hydrogens (tertiary/aromatic N) is 2. The molecule has 0 aliphatic rings. The van der Waals surface area contributed by atoms with Gasteiger partial charge in [-0.1, -0.05) is 20.8 Å². The summed E-state index contributed by atoms with van der Waals surface area (Å²) in [5, 5.41) is 3.17. The van der Waals surface area contributed by atoms with Gasteiger partial charge in [0.15, 0.2) is 5.96 Å². The minimum atomic E-state index is 0. The van der Waals surface area contributed by atoms with Crippen LogP contribution < -0.4 is 11.1 Å². The first-order valence-electron chi connectivity index (χ1n) is 6.35. The molecule has 0 saturated carbocycles. The lowest BCUT2D eigenvalue weighted by Gasteiger charge is -2.25. The van der Waals surface area contributed by atoms with Crippen LogP contribution in [-0.2, 0) is 0 Å². The third kappa shape index (κ3) is 8.65. The Bertz CT molecular complexity index is 205. The number of likely N-dealkylation sites (N-methyl/N-ethyl adjacent to an activating group) is 1. The zero-order chi connectivity index (χ0) is 12.6. The van der Waals surface area contributed by atoms with Crippen LogP contribution in [0.15, 0.2) is 4.99 Å². The molecule has 0 saturated heterocycles. The fraction of sp³-hybridized carbons (Fsp3) is 0.917. The van der Waals surface area contributed by atoms with Crippen molar-refractivity contribution < 1.29 is 0 Å². The second-order valence-corrected chi connectivity index (χ2v) is 4.25. The smallest absolute Gasteiger partial charge is 0.188 e. The van der Waals surface area contributed by atoms with Crippen molar-refractivity contribution in [1.82, 2.24) is 10.2 Å². The van der Waals surface area contributed by atoms with E-state index in [9.17, 15) is 0 Å². The SMILES string of the molecule is CCC(C)NC(N)=NCC(C)N(CC)CC.I. The number of nitrogens with two attached hydrogens (primary N) is 1. The van der Waals surface area contributed by atoms with Crippen LogP contribution in [-0.4, -0.2) is 42.6 Å². The first-order chi connectivity index (χ1) is 7.54. The zero-order valence-electron chi connectivity index (χ0n) is 11.9. The molecule has 2 unspecified atom stereocenters. The Balaban J connectivity index is 0. The van der Waals surface area contributed by atoms with E-state index in [0.29, 0.717) is 18.0 Å². The van der Waals surface area contributed by atoms with Gasteiger partial charge in [0.25, 0.3) is 0 Å². The Morgan fingerprint density at radius 2 is 1.76 bits per heavy atom. The maximum atomic E-state index is 5.80. The van der Waals surface area contributed by atoms with Crippen LogP contribution >= 0.6 is 24.0 Å². The van der Waals surface area contributed by atoms with Gasteiger partial charge in [-0.2, -0.15) is 0 Å². The van der Waals surface area contributed by atoms with E-state index in [0.717, 1.165) is 26.1 Å². The van der Waals surface area contributed by atoms with Gasteiger partial charge in [0.2, 0.25) is 0 Å². The molecule has 2 atom stereocenters. The third-order valence-corrected chi connectivity index (χ3v) is 2.97. The molecule has 104 valence electrons. The summed E-state index contributed by atoms with van der Waals surface area (Å²) in [4.78, 5) is 6.75. The van der Waals surface area contributed by atoms with Crippen LogP contribution in [0.25, 0.3) is 0 Å². The zero-order valence-corrected chi connectivity index (χ0v) is 14.2. The first kappa shape index (κ1) is 19.3. The molecule has 0 spiro atoms. The fourth-order valence-electron chi connectivity index (χ4n) is 1.59. The molecule has 0 aliphatic heterocycles. The molecule has 17 heavy (non-hydrogen) atoms. The van der Waals surface area contributed by atoms with Gasteiger partial charge in [-0.3, -0.25) is 9.89 Å². The van der Waals surface area contributed by atoms with E-state index in [1.54, 1.807) is 0 Å². The summed E-state index contributed by atoms with van der Waals surface area (Å²) < 4.78 is 0. The summed E-state index contributed by atoms with van der Waals surface area (Å²) in [5.41, 5.74) is 5.80. The Kier molecular flexibility index (Phi) is 12.6. The summed E-state index contributed by atoms with van der Waals surface area (Å²) >= 11 is 0. The van der Waals surface area contributed by atoms with Crippen LogP contribution in [0.1, 0.15) is 41.0 Å². The van der Waals surface area contributed by atoms with Crippen molar-refractivity contribution in [2.45, 2.75) is 53.1 Å². The molecule has 3 N–H and O–H groups in total. The standard InChI is InChI=1S/C12H28N4.HI/c1-6-10(4)15-12(13)14-9-11(5)16(7-2)8-3;/h10-11H,6-9H2,1-5H3,(H3,13,14,15);1H. The van der Waals surface area contributed by atoms with E-state index in [2.05, 4.69) is 49.8 Å². The fourth-order valence-corrected chi connectivity index (χ4v) is 1.59. The van der Waals surface area contributed by atoms with Gasteiger partial charge in [0.1, 0.15) is 0 Å². The lowest BCUT2D eigenvalue weighted by Crippen LogP contribution is -2.40. The number of rotatable bonds is 7. The van der Waals surface area contributed by atoms with Crippen LogP contribution in [0.2, 0.25) is 0 Å². The maximum absolute atomic E-state index is 5.80. The normalized spacial score (nSPS) is 15.3. The van der Waals surface area contributed by atoms with Crippen LogP contribution in [0, 0.1) is 0 Å². The molecule has 0 fully saturated rings. The third-order valence-electron chi connectivity index (χ3n) is 2.97. The molecule has 0 aromatic rings. The predicted octanol–water partition coefficient (Wildman–Crippen LogP) is 2.04. The summed E-state index contributed by atoms with van der Waals surface area (Å²) in [7, 11) is 0. The van der Waals surface area contributed by atoms with Crippen molar-refractivity contribution in [3.63, 3.8) is 0 Å². The Morgan fingerprint density at radius 1 is 1.24 bits per heavy atom. The van der Waals surface area contributed by atoms with Crippen molar-refractivity contribution in [3.8, 4) is 0 Å². The maximum Gasteiger partial charge on any atom is 0.188 e. The molecule has 0 aromatic carbocycles. The molecule has 0 amide bonds. The molecule has 0 radical (unpaired) electrons. The Labute approximate surface area is 123 Å². The van der Waals surface area contributed by atoms with Gasteiger partial charge in [-0.05, 0) is 33.4 Å². The van der Waals surface area contributed by atoms with Crippen LogP contribution in [0.3, 0.4) is 0 Å². The number of halogens is 1. The van der Waals surface area contributed by atoms with Crippen molar-refractivity contribution in [1.29, 1.82) is 0 Å². The minimum absolute atomic E-state index is 0. The van der Waals surface area contributed by atoms with E-state index in [1.165, 1.54) is 0 Å². The van der Waals surface area contributed by atoms with E-state index < -0.39 is 0 Å². The van der Waals surface area contributed by atoms with E-state index in [1.807, 2.05) is 0 Å². The topological polar surface area (TPSA) is 53.6 Å². The molecule has 0 bridgehead atoms. The minimum Gasteiger partial charge on any atom is -0.370 e. The number of hydrogen-bond acceptors (Lipinski definition) is 2. The van der Waals surface area contributed by atoms with Gasteiger partial charge in [-0.25, -0.2) is 0 Å². The summed E-state index contributed by atoms with van der Waals surface area (Å²) in [6.07, 6.45) is 1.06. The number of nitrogens with one attached hydrogen (secondary N) is 1. The van der Waals surface area contributed by atoms with Crippen molar-refractivity contribution in [3.05, 3.63) is 0 Å². The van der Waals surface area contributed by atoms with Crippen molar-refractivity contribution >= 4 is 29.9 Å². The molecular formula is C12H29IN4. The van der Waals surface area contributed by atoms with Gasteiger partial charge < -0.3 is 11.1 Å². The highest BCUT2D eigenvalue weighted by Gasteiger charge is 2.09. The predicted molar refractivity (Wildman–Crippen MR) is 87.2 cm³/mol. The summed E-state index contributed by atoms with van der Waals surface area (Å²) in [5.74, 6) is 0.563. The lowest BCUT2D eigenvalue weighted by molar-refractivity contribution is 0.237. The van der Waals surface area contributed by atoms with Gasteiger partial charge in [0.05, 0.1) is 6.54 Å². The monoisotopic (exact) mass is 356 g/mol. The number of hydrogen-bond donors (Lipinski definition) is 2. The number of guanidine groups is 1. The molecule has 0 rings (SSSR count). The van der Waals surface area contributed by atoms with E-state index in [-0.39, 0.29) is 24.0 Å². The molecule has 4 nitrogen and oxygen atoms in total.